The van der Waals surface area contributed by atoms with Gasteiger partial charge in [-0.2, -0.15) is 0 Å². The number of carbonyl (C=O) groups excluding carboxylic acids is 1. The molecule has 0 saturated heterocycles. The second-order valence-corrected chi connectivity index (χ2v) is 8.43. The smallest absolute Gasteiger partial charge is 0.251 e. The van der Waals surface area contributed by atoms with Crippen molar-refractivity contribution in [2.75, 3.05) is 18.0 Å². The molecule has 1 aliphatic carbocycles. The maximum absolute atomic E-state index is 13.6. The lowest BCUT2D eigenvalue weighted by Gasteiger charge is -2.12. The molecule has 174 valence electrons. The molecule has 33 heavy (non-hydrogen) atoms. The van der Waals surface area contributed by atoms with Crippen molar-refractivity contribution < 1.29 is 13.6 Å². The van der Waals surface area contributed by atoms with E-state index in [0.29, 0.717) is 31.2 Å². The third kappa shape index (κ3) is 4.40. The molecule has 0 spiro atoms. The molecule has 1 atom stereocenters. The number of pyridine rings is 1. The molecular weight excluding hydrogens is 426 g/mol. The molecule has 0 saturated carbocycles. The average Bonchev–Trinajstić information content (AvgIpc) is 3.17. The van der Waals surface area contributed by atoms with E-state index in [1.165, 1.54) is 0 Å². The summed E-state index contributed by atoms with van der Waals surface area (Å²) in [6.45, 7) is 5.31. The standard InChI is InChI=1S/C24H28F2N6O/c1-3-19-31-21-22(15-10-13(2)6-7-18(15)30-23(21)28)32(19)9-5-4-8-29-24(33)14-11-16(25)20(27)17(26)12-14/h7,10-13H,3-6,8-9,27H2,1-2H3,(H2,28,30)(H,29,33)/t13-/m0/s1. The van der Waals surface area contributed by atoms with Crippen LogP contribution in [0.15, 0.2) is 12.1 Å². The first-order valence-electron chi connectivity index (χ1n) is 11.2. The molecule has 3 aromatic rings. The molecule has 1 aliphatic rings. The number of nitrogens with zero attached hydrogens (tertiary/aromatic N) is 3. The molecule has 5 N–H and O–H groups in total. The molecule has 4 rings (SSSR count). The van der Waals surface area contributed by atoms with E-state index in [1.807, 2.05) is 0 Å². The van der Waals surface area contributed by atoms with Gasteiger partial charge in [0.2, 0.25) is 0 Å². The van der Waals surface area contributed by atoms with Crippen LogP contribution in [0.3, 0.4) is 0 Å². The molecule has 1 amide bonds. The summed E-state index contributed by atoms with van der Waals surface area (Å²) >= 11 is 0. The van der Waals surface area contributed by atoms with Crippen LogP contribution >= 0.6 is 0 Å². The Bertz CT molecular complexity index is 1320. The van der Waals surface area contributed by atoms with Gasteiger partial charge in [0.05, 0.1) is 10.9 Å². The summed E-state index contributed by atoms with van der Waals surface area (Å²) in [5.74, 6) is -0.638. The highest BCUT2D eigenvalue weighted by molar-refractivity contribution is 5.94. The highest BCUT2D eigenvalue weighted by Gasteiger charge is 2.17. The molecule has 2 aromatic heterocycles. The molecule has 0 bridgehead atoms. The predicted octanol–water partition coefficient (Wildman–Crippen LogP) is 2.25. The van der Waals surface area contributed by atoms with E-state index in [4.69, 9.17) is 16.5 Å². The normalized spacial score (nSPS) is 15.1. The fourth-order valence-electron chi connectivity index (χ4n) is 4.21. The van der Waals surface area contributed by atoms with Crippen LogP contribution in [0, 0.1) is 17.6 Å². The van der Waals surface area contributed by atoms with Crippen LogP contribution in [0.25, 0.3) is 23.2 Å². The monoisotopic (exact) mass is 454 g/mol. The van der Waals surface area contributed by atoms with Crippen molar-refractivity contribution in [2.45, 2.75) is 46.1 Å². The van der Waals surface area contributed by atoms with E-state index in [0.717, 1.165) is 58.8 Å². The lowest BCUT2D eigenvalue weighted by atomic mass is 10.0. The number of aromatic nitrogens is 3. The number of aryl methyl sites for hydroxylation is 2. The summed E-state index contributed by atoms with van der Waals surface area (Å²) in [4.78, 5) is 21.5. The number of benzene rings is 1. The Morgan fingerprint density at radius 1 is 1.21 bits per heavy atom. The number of fused-ring (bicyclic) bond motifs is 3. The number of hydrogen-bond acceptors (Lipinski definition) is 5. The summed E-state index contributed by atoms with van der Waals surface area (Å²) in [7, 11) is 0. The van der Waals surface area contributed by atoms with Gasteiger partial charge in [0.25, 0.3) is 5.91 Å². The van der Waals surface area contributed by atoms with E-state index in [1.54, 1.807) is 0 Å². The van der Waals surface area contributed by atoms with Crippen molar-refractivity contribution in [3.8, 4) is 0 Å². The first-order chi connectivity index (χ1) is 15.8. The summed E-state index contributed by atoms with van der Waals surface area (Å²) < 4.78 is 29.4. The number of nitrogen functional groups attached to an aromatic ring is 2. The number of amides is 1. The number of nitrogens with two attached hydrogens (primary N) is 2. The van der Waals surface area contributed by atoms with Crippen molar-refractivity contribution in [3.63, 3.8) is 0 Å². The maximum atomic E-state index is 13.6. The highest BCUT2D eigenvalue weighted by atomic mass is 19.1. The zero-order valence-corrected chi connectivity index (χ0v) is 18.8. The van der Waals surface area contributed by atoms with Crippen LogP contribution in [-0.4, -0.2) is 27.0 Å². The molecule has 2 heterocycles. The molecule has 7 nitrogen and oxygen atoms in total. The van der Waals surface area contributed by atoms with Crippen molar-refractivity contribution in [2.24, 2.45) is 5.92 Å². The van der Waals surface area contributed by atoms with E-state index in [-0.39, 0.29) is 5.56 Å². The van der Waals surface area contributed by atoms with E-state index < -0.39 is 23.2 Å². The van der Waals surface area contributed by atoms with E-state index in [2.05, 4.69) is 40.9 Å². The molecule has 0 fully saturated rings. The highest BCUT2D eigenvalue weighted by Crippen LogP contribution is 2.20. The number of unbranched alkanes of at least 4 members (excludes halogenated alkanes) is 1. The van der Waals surface area contributed by atoms with E-state index in [9.17, 15) is 13.6 Å². The van der Waals surface area contributed by atoms with Crippen molar-refractivity contribution in [1.29, 1.82) is 0 Å². The zero-order valence-electron chi connectivity index (χ0n) is 18.8. The Morgan fingerprint density at radius 2 is 1.94 bits per heavy atom. The van der Waals surface area contributed by atoms with Crippen LogP contribution in [0.5, 0.6) is 0 Å². The maximum Gasteiger partial charge on any atom is 0.251 e. The fraction of sp³-hybridized carbons (Fsp3) is 0.375. The topological polar surface area (TPSA) is 112 Å². The largest absolute Gasteiger partial charge is 0.394 e. The van der Waals surface area contributed by atoms with Crippen LogP contribution in [0.2, 0.25) is 0 Å². The number of hydrogen-bond donors (Lipinski definition) is 3. The first-order valence-corrected chi connectivity index (χ1v) is 11.2. The molecule has 0 radical (unpaired) electrons. The molecule has 1 aromatic carbocycles. The summed E-state index contributed by atoms with van der Waals surface area (Å²) in [6, 6.07) is 1.88. The van der Waals surface area contributed by atoms with Crippen LogP contribution in [0.1, 0.15) is 49.3 Å². The van der Waals surface area contributed by atoms with Crippen molar-refractivity contribution >= 4 is 40.6 Å². The summed E-state index contributed by atoms with van der Waals surface area (Å²) in [5, 5.41) is 4.68. The van der Waals surface area contributed by atoms with Gasteiger partial charge >= 0.3 is 0 Å². The van der Waals surface area contributed by atoms with Gasteiger partial charge in [-0.25, -0.2) is 18.7 Å². The van der Waals surface area contributed by atoms with Crippen molar-refractivity contribution in [3.05, 3.63) is 45.7 Å². The van der Waals surface area contributed by atoms with Gasteiger partial charge in [0, 0.05) is 30.3 Å². The SMILES string of the molecule is CCc1nc2c(N)nc3c(c2n1CCCCNC(=O)c1cc(F)c(N)c(F)c1)=C[C@@H](C)CC=3. The van der Waals surface area contributed by atoms with Gasteiger partial charge in [-0.1, -0.05) is 26.0 Å². The lowest BCUT2D eigenvalue weighted by Crippen LogP contribution is -2.34. The van der Waals surface area contributed by atoms with Gasteiger partial charge < -0.3 is 21.4 Å². The summed E-state index contributed by atoms with van der Waals surface area (Å²) in [6.07, 6.45) is 7.50. The third-order valence-electron chi connectivity index (χ3n) is 5.95. The number of imidazole rings is 1. The third-order valence-corrected chi connectivity index (χ3v) is 5.95. The zero-order chi connectivity index (χ0) is 23.7. The molecule has 9 heteroatoms. The van der Waals surface area contributed by atoms with Gasteiger partial charge in [-0.15, -0.1) is 0 Å². The minimum atomic E-state index is -0.945. The van der Waals surface area contributed by atoms with Gasteiger partial charge in [-0.3, -0.25) is 4.79 Å². The summed E-state index contributed by atoms with van der Waals surface area (Å²) in [5.41, 5.74) is 12.5. The quantitative estimate of drug-likeness (QED) is 0.375. The van der Waals surface area contributed by atoms with Crippen molar-refractivity contribution in [1.82, 2.24) is 19.9 Å². The predicted molar refractivity (Wildman–Crippen MR) is 126 cm³/mol. The second kappa shape index (κ2) is 9.17. The van der Waals surface area contributed by atoms with Crippen LogP contribution < -0.4 is 27.4 Å². The fourth-order valence-corrected chi connectivity index (χ4v) is 4.21. The second-order valence-electron chi connectivity index (χ2n) is 8.43. The average molecular weight is 455 g/mol. The Morgan fingerprint density at radius 3 is 2.64 bits per heavy atom. The number of anilines is 2. The van der Waals surface area contributed by atoms with Crippen LogP contribution in [-0.2, 0) is 13.0 Å². The van der Waals surface area contributed by atoms with Gasteiger partial charge in [0.15, 0.2) is 5.82 Å². The minimum absolute atomic E-state index is 0.0939. The number of rotatable bonds is 7. The number of carbonyl (C=O) groups is 1. The molecular formula is C24H28F2N6O. The van der Waals surface area contributed by atoms with Gasteiger partial charge in [-0.05, 0) is 37.3 Å². The Labute approximate surface area is 190 Å². The van der Waals surface area contributed by atoms with Gasteiger partial charge in [0.1, 0.15) is 28.7 Å². The molecule has 0 aliphatic heterocycles. The number of halogens is 2. The first kappa shape index (κ1) is 22.7. The molecule has 0 unspecified atom stereocenters. The minimum Gasteiger partial charge on any atom is -0.394 e. The Balaban J connectivity index is 1.48. The van der Waals surface area contributed by atoms with E-state index >= 15 is 0 Å². The Hall–Kier alpha value is -3.49. The Kier molecular flexibility index (Phi) is 6.31. The lowest BCUT2D eigenvalue weighted by molar-refractivity contribution is 0.0952. The number of nitrogens with one attached hydrogen (secondary N) is 1. The van der Waals surface area contributed by atoms with Crippen LogP contribution in [0.4, 0.5) is 20.3 Å².